The Hall–Kier alpha value is -2.72. The van der Waals surface area contributed by atoms with Gasteiger partial charge in [0, 0.05) is 31.8 Å². The van der Waals surface area contributed by atoms with Gasteiger partial charge in [0.1, 0.15) is 5.76 Å². The lowest BCUT2D eigenvalue weighted by Gasteiger charge is -2.20. The number of aromatic nitrogens is 1. The zero-order chi connectivity index (χ0) is 20.9. The molecule has 0 aliphatic rings. The first-order chi connectivity index (χ1) is 13.2. The number of hydrogen-bond acceptors (Lipinski definition) is 6. The molecule has 1 aromatic carbocycles. The smallest absolute Gasteiger partial charge is 0.254 e. The van der Waals surface area contributed by atoms with Crippen LogP contribution in [0.25, 0.3) is 0 Å². The Kier molecular flexibility index (Phi) is 6.92. The third kappa shape index (κ3) is 4.96. The van der Waals surface area contributed by atoms with E-state index in [1.807, 2.05) is 0 Å². The van der Waals surface area contributed by atoms with Gasteiger partial charge in [-0.1, -0.05) is 25.1 Å². The van der Waals surface area contributed by atoms with Crippen LogP contribution in [0.5, 0.6) is 0 Å². The highest BCUT2D eigenvalue weighted by Crippen LogP contribution is 2.18. The van der Waals surface area contributed by atoms with Crippen molar-refractivity contribution in [3.8, 4) is 0 Å². The maximum atomic E-state index is 12.6. The Bertz CT molecular complexity index is 950. The summed E-state index contributed by atoms with van der Waals surface area (Å²) < 4.78 is 31.5. The topological polar surface area (TPSA) is 113 Å². The second kappa shape index (κ2) is 8.98. The molecule has 0 aliphatic heterocycles. The van der Waals surface area contributed by atoms with Crippen molar-refractivity contribution in [3.63, 3.8) is 0 Å². The molecular weight excluding hydrogens is 384 g/mol. The molecule has 0 aliphatic carbocycles. The molecule has 0 saturated carbocycles. The molecule has 1 aromatic heterocycles. The summed E-state index contributed by atoms with van der Waals surface area (Å²) in [6.07, 6.45) is 0. The molecule has 2 rings (SSSR count). The third-order valence-corrected chi connectivity index (χ3v) is 6.09. The van der Waals surface area contributed by atoms with E-state index < -0.39 is 21.8 Å². The summed E-state index contributed by atoms with van der Waals surface area (Å²) >= 11 is 0. The van der Waals surface area contributed by atoms with Crippen molar-refractivity contribution in [2.45, 2.75) is 25.7 Å². The minimum Gasteiger partial charge on any atom is -0.360 e. The Morgan fingerprint density at radius 1 is 1.18 bits per heavy atom. The van der Waals surface area contributed by atoms with Gasteiger partial charge < -0.3 is 14.7 Å². The highest BCUT2D eigenvalue weighted by molar-refractivity contribution is 7.89. The van der Waals surface area contributed by atoms with Crippen LogP contribution in [0.3, 0.4) is 0 Å². The number of nitrogens with zero attached hydrogens (tertiary/aromatic N) is 3. The molecule has 0 atom stereocenters. The Labute approximate surface area is 164 Å². The van der Waals surface area contributed by atoms with Crippen LogP contribution in [0.15, 0.2) is 39.8 Å². The second-order valence-corrected chi connectivity index (χ2v) is 8.09. The van der Waals surface area contributed by atoms with Gasteiger partial charge in [-0.05, 0) is 25.1 Å². The first-order valence-electron chi connectivity index (χ1n) is 8.77. The average Bonchev–Trinajstić information content (AvgIpc) is 3.06. The molecule has 0 radical (unpaired) electrons. The summed E-state index contributed by atoms with van der Waals surface area (Å²) in [5, 5.41) is 6.18. The molecular formula is C18H24N4O5S. The van der Waals surface area contributed by atoms with Crippen LogP contribution in [0.4, 0.5) is 5.82 Å². The van der Waals surface area contributed by atoms with Crippen LogP contribution in [-0.2, 0) is 14.8 Å². The van der Waals surface area contributed by atoms with Gasteiger partial charge in [0.15, 0.2) is 5.82 Å². The minimum atomic E-state index is -3.68. The molecule has 2 aromatic rings. The van der Waals surface area contributed by atoms with Crippen LogP contribution in [-0.4, -0.2) is 61.3 Å². The summed E-state index contributed by atoms with van der Waals surface area (Å²) in [6.45, 7) is 5.63. The number of nitrogens with one attached hydrogen (secondary N) is 1. The molecule has 0 spiro atoms. The average molecular weight is 408 g/mol. The van der Waals surface area contributed by atoms with E-state index in [1.165, 1.54) is 40.5 Å². The second-order valence-electron chi connectivity index (χ2n) is 6.15. The van der Waals surface area contributed by atoms with Gasteiger partial charge in [0.25, 0.3) is 5.91 Å². The Balaban J connectivity index is 2.12. The van der Waals surface area contributed by atoms with Gasteiger partial charge in [-0.25, -0.2) is 8.42 Å². The number of benzene rings is 1. The number of rotatable bonds is 8. The Morgan fingerprint density at radius 3 is 2.43 bits per heavy atom. The normalized spacial score (nSPS) is 11.5. The number of carbonyl (C=O) groups excluding carboxylic acids is 2. The molecule has 28 heavy (non-hydrogen) atoms. The molecule has 0 bridgehead atoms. The number of aryl methyl sites for hydroxylation is 1. The minimum absolute atomic E-state index is 0.0398. The van der Waals surface area contributed by atoms with Crippen molar-refractivity contribution < 1.29 is 22.5 Å². The van der Waals surface area contributed by atoms with Crippen LogP contribution in [0.1, 0.15) is 30.0 Å². The summed E-state index contributed by atoms with van der Waals surface area (Å²) in [5.41, 5.74) is 0.181. The first kappa shape index (κ1) is 21.6. The fourth-order valence-corrected chi connectivity index (χ4v) is 4.12. The molecule has 10 heteroatoms. The van der Waals surface area contributed by atoms with Gasteiger partial charge in [-0.2, -0.15) is 4.31 Å². The van der Waals surface area contributed by atoms with Crippen LogP contribution in [0, 0.1) is 6.92 Å². The lowest BCUT2D eigenvalue weighted by molar-refractivity contribution is -0.116. The highest BCUT2D eigenvalue weighted by atomic mass is 32.2. The van der Waals surface area contributed by atoms with Crippen LogP contribution < -0.4 is 5.32 Å². The number of amides is 2. The standard InChI is InChI=1S/C18H24N4O5S/c1-5-22(6-2)28(25,26)15-9-7-8-14(11-15)18(24)21(4)12-17(23)19-16-10-13(3)27-20-16/h7-11H,5-6,12H2,1-4H3,(H,19,20,23). The first-order valence-corrected chi connectivity index (χ1v) is 10.2. The molecule has 152 valence electrons. The zero-order valence-corrected chi connectivity index (χ0v) is 17.1. The monoisotopic (exact) mass is 408 g/mol. The SMILES string of the molecule is CCN(CC)S(=O)(=O)c1cccc(C(=O)N(C)CC(=O)Nc2cc(C)on2)c1. The maximum Gasteiger partial charge on any atom is 0.254 e. The van der Waals surface area contributed by atoms with E-state index in [0.717, 1.165) is 0 Å². The Morgan fingerprint density at radius 2 is 1.86 bits per heavy atom. The zero-order valence-electron chi connectivity index (χ0n) is 16.3. The highest BCUT2D eigenvalue weighted by Gasteiger charge is 2.23. The number of sulfonamides is 1. The molecule has 9 nitrogen and oxygen atoms in total. The predicted octanol–water partition coefficient (Wildman–Crippen LogP) is 1.72. The fourth-order valence-electron chi connectivity index (χ4n) is 2.62. The molecule has 0 unspecified atom stereocenters. The molecule has 1 heterocycles. The van der Waals surface area contributed by atoms with E-state index in [2.05, 4.69) is 10.5 Å². The van der Waals surface area contributed by atoms with Crippen molar-refractivity contribution in [2.75, 3.05) is 32.0 Å². The van der Waals surface area contributed by atoms with Crippen LogP contribution in [0.2, 0.25) is 0 Å². The lowest BCUT2D eigenvalue weighted by atomic mass is 10.2. The van der Waals surface area contributed by atoms with E-state index in [1.54, 1.807) is 26.8 Å². The van der Waals surface area contributed by atoms with Gasteiger partial charge in [0.2, 0.25) is 15.9 Å². The molecule has 0 saturated heterocycles. The molecule has 2 amide bonds. The summed E-state index contributed by atoms with van der Waals surface area (Å²) in [6, 6.07) is 7.35. The number of hydrogen-bond donors (Lipinski definition) is 1. The van der Waals surface area contributed by atoms with Gasteiger partial charge in [0.05, 0.1) is 11.4 Å². The summed E-state index contributed by atoms with van der Waals surface area (Å²) in [4.78, 5) is 25.9. The number of anilines is 1. The van der Waals surface area contributed by atoms with Crippen LogP contribution >= 0.6 is 0 Å². The molecule has 1 N–H and O–H groups in total. The van der Waals surface area contributed by atoms with Crippen molar-refractivity contribution in [1.29, 1.82) is 0 Å². The largest absolute Gasteiger partial charge is 0.360 e. The van der Waals surface area contributed by atoms with Crippen molar-refractivity contribution in [3.05, 3.63) is 41.7 Å². The van der Waals surface area contributed by atoms with E-state index >= 15 is 0 Å². The third-order valence-electron chi connectivity index (χ3n) is 4.05. The summed E-state index contributed by atoms with van der Waals surface area (Å²) in [7, 11) is -2.22. The number of carbonyl (C=O) groups is 2. The summed E-state index contributed by atoms with van der Waals surface area (Å²) in [5.74, 6) is -0.110. The van der Waals surface area contributed by atoms with Gasteiger partial charge in [-0.15, -0.1) is 0 Å². The van der Waals surface area contributed by atoms with E-state index in [-0.39, 0.29) is 22.8 Å². The van der Waals surface area contributed by atoms with Crippen molar-refractivity contribution >= 4 is 27.7 Å². The predicted molar refractivity (Wildman–Crippen MR) is 103 cm³/mol. The quantitative estimate of drug-likeness (QED) is 0.712. The lowest BCUT2D eigenvalue weighted by Crippen LogP contribution is -2.35. The van der Waals surface area contributed by atoms with Crippen molar-refractivity contribution in [2.24, 2.45) is 0 Å². The van der Waals surface area contributed by atoms with E-state index in [4.69, 9.17) is 4.52 Å². The van der Waals surface area contributed by atoms with Gasteiger partial charge >= 0.3 is 0 Å². The van der Waals surface area contributed by atoms with E-state index in [9.17, 15) is 18.0 Å². The van der Waals surface area contributed by atoms with E-state index in [0.29, 0.717) is 18.8 Å². The fraction of sp³-hybridized carbons (Fsp3) is 0.389. The number of likely N-dealkylation sites (N-methyl/N-ethyl adjacent to an activating group) is 1. The maximum absolute atomic E-state index is 12.6. The van der Waals surface area contributed by atoms with Gasteiger partial charge in [-0.3, -0.25) is 9.59 Å². The van der Waals surface area contributed by atoms with Crippen molar-refractivity contribution in [1.82, 2.24) is 14.4 Å². The molecule has 0 fully saturated rings.